The summed E-state index contributed by atoms with van der Waals surface area (Å²) in [5.74, 6) is -1.01. The maximum atomic E-state index is 12.7. The molecule has 0 aromatic heterocycles. The lowest BCUT2D eigenvalue weighted by Crippen LogP contribution is -2.30. The molecule has 64 heavy (non-hydrogen) atoms. The third-order valence-corrected chi connectivity index (χ3v) is 9.90. The maximum Gasteiger partial charge on any atom is 0.306 e. The summed E-state index contributed by atoms with van der Waals surface area (Å²) in [5.41, 5.74) is 0. The molecule has 1 unspecified atom stereocenters. The average molecular weight is 883 g/mol. The van der Waals surface area contributed by atoms with E-state index in [2.05, 4.69) is 154 Å². The zero-order chi connectivity index (χ0) is 46.5. The minimum Gasteiger partial charge on any atom is -0.462 e. The number of unbranched alkanes of at least 4 members (excludes halogenated alkanes) is 10. The van der Waals surface area contributed by atoms with Crippen molar-refractivity contribution in [1.82, 2.24) is 0 Å². The summed E-state index contributed by atoms with van der Waals surface area (Å²) in [6.07, 6.45) is 71.7. The van der Waals surface area contributed by atoms with Gasteiger partial charge in [0, 0.05) is 19.3 Å². The van der Waals surface area contributed by atoms with Crippen LogP contribution in [0.3, 0.4) is 0 Å². The molecule has 0 spiro atoms. The minimum atomic E-state index is -0.815. The molecule has 0 radical (unpaired) electrons. The third-order valence-electron chi connectivity index (χ3n) is 9.90. The maximum absolute atomic E-state index is 12.7. The Bertz CT molecular complexity index is 1430. The Hall–Kier alpha value is -4.45. The average Bonchev–Trinajstić information content (AvgIpc) is 3.29. The van der Waals surface area contributed by atoms with Crippen LogP contribution >= 0.6 is 0 Å². The normalized spacial score (nSPS) is 13.2. The highest BCUT2D eigenvalue weighted by Gasteiger charge is 2.19. The number of rotatable bonds is 43. The highest BCUT2D eigenvalue weighted by molar-refractivity contribution is 5.71. The van der Waals surface area contributed by atoms with Crippen molar-refractivity contribution in [3.8, 4) is 0 Å². The van der Waals surface area contributed by atoms with Crippen LogP contribution in [0.5, 0.6) is 0 Å². The molecule has 0 heterocycles. The smallest absolute Gasteiger partial charge is 0.306 e. The van der Waals surface area contributed by atoms with E-state index >= 15 is 0 Å². The van der Waals surface area contributed by atoms with Crippen LogP contribution in [-0.4, -0.2) is 37.2 Å². The van der Waals surface area contributed by atoms with Gasteiger partial charge in [0.25, 0.3) is 0 Å². The molecule has 1 atom stereocenters. The van der Waals surface area contributed by atoms with Crippen molar-refractivity contribution in [3.05, 3.63) is 134 Å². The molecular weight excluding hydrogens is 793 g/mol. The van der Waals surface area contributed by atoms with Crippen molar-refractivity contribution in [2.75, 3.05) is 13.2 Å². The molecule has 0 fully saturated rings. The Balaban J connectivity index is 4.41. The Morgan fingerprint density at radius 2 is 0.609 bits per heavy atom. The third kappa shape index (κ3) is 48.6. The van der Waals surface area contributed by atoms with Crippen molar-refractivity contribution in [1.29, 1.82) is 0 Å². The van der Waals surface area contributed by atoms with E-state index in [1.165, 1.54) is 19.3 Å². The molecule has 358 valence electrons. The number of hydrogen-bond acceptors (Lipinski definition) is 6. The van der Waals surface area contributed by atoms with Crippen molar-refractivity contribution in [2.24, 2.45) is 0 Å². The first-order chi connectivity index (χ1) is 31.5. The Labute approximate surface area is 392 Å². The first-order valence-corrected chi connectivity index (χ1v) is 25.2. The van der Waals surface area contributed by atoms with Gasteiger partial charge in [-0.1, -0.05) is 193 Å². The molecule has 0 rings (SSSR count). The lowest BCUT2D eigenvalue weighted by atomic mass is 10.1. The molecule has 0 N–H and O–H groups in total. The van der Waals surface area contributed by atoms with E-state index in [0.29, 0.717) is 25.7 Å². The second-order valence-corrected chi connectivity index (χ2v) is 16.0. The zero-order valence-corrected chi connectivity index (χ0v) is 40.7. The van der Waals surface area contributed by atoms with E-state index in [1.54, 1.807) is 0 Å². The number of hydrogen-bond donors (Lipinski definition) is 0. The van der Waals surface area contributed by atoms with E-state index in [9.17, 15) is 14.4 Å². The fraction of sp³-hybridized carbons (Fsp3) is 0.569. The van der Waals surface area contributed by atoms with Crippen LogP contribution < -0.4 is 0 Å². The highest BCUT2D eigenvalue weighted by atomic mass is 16.6. The van der Waals surface area contributed by atoms with Crippen molar-refractivity contribution >= 4 is 17.9 Å². The van der Waals surface area contributed by atoms with Crippen LogP contribution in [0.25, 0.3) is 0 Å². The van der Waals surface area contributed by atoms with Crippen molar-refractivity contribution < 1.29 is 28.6 Å². The van der Waals surface area contributed by atoms with E-state index in [0.717, 1.165) is 122 Å². The quantitative estimate of drug-likeness (QED) is 0.0263. The fourth-order valence-corrected chi connectivity index (χ4v) is 6.17. The largest absolute Gasteiger partial charge is 0.462 e. The number of carbonyl (C=O) groups excluding carboxylic acids is 3. The molecule has 6 nitrogen and oxygen atoms in total. The first-order valence-electron chi connectivity index (χ1n) is 25.2. The summed E-state index contributed by atoms with van der Waals surface area (Å²) < 4.78 is 16.6. The topological polar surface area (TPSA) is 78.9 Å². The van der Waals surface area contributed by atoms with Crippen LogP contribution in [-0.2, 0) is 28.6 Å². The molecule has 0 saturated carbocycles. The van der Waals surface area contributed by atoms with Gasteiger partial charge < -0.3 is 14.2 Å². The summed E-state index contributed by atoms with van der Waals surface area (Å²) in [6.45, 7) is 6.25. The molecule has 0 bridgehead atoms. The molecule has 0 amide bonds. The summed E-state index contributed by atoms with van der Waals surface area (Å²) in [4.78, 5) is 37.7. The lowest BCUT2D eigenvalue weighted by Gasteiger charge is -2.18. The van der Waals surface area contributed by atoms with Gasteiger partial charge in [-0.15, -0.1) is 0 Å². The SMILES string of the molecule is CC/C=C\C/C=C\C/C=C\C/C=C\C/C=C\C/C=C\CCCCC(=O)OCC(COC(=O)CCCCCCCC)OC(=O)CCCCC/C=C\C/C=C\C/C=C\C/C=C\C/C=C\CC. The summed E-state index contributed by atoms with van der Waals surface area (Å²) in [5, 5.41) is 0. The Morgan fingerprint density at radius 1 is 0.328 bits per heavy atom. The van der Waals surface area contributed by atoms with Crippen LogP contribution in [0.1, 0.15) is 194 Å². The molecule has 0 aliphatic rings. The van der Waals surface area contributed by atoms with E-state index < -0.39 is 6.10 Å². The zero-order valence-electron chi connectivity index (χ0n) is 40.7. The van der Waals surface area contributed by atoms with Crippen LogP contribution in [0.15, 0.2) is 134 Å². The highest BCUT2D eigenvalue weighted by Crippen LogP contribution is 2.11. The van der Waals surface area contributed by atoms with Gasteiger partial charge >= 0.3 is 17.9 Å². The van der Waals surface area contributed by atoms with Crippen LogP contribution in [0, 0.1) is 0 Å². The van der Waals surface area contributed by atoms with E-state index in [-0.39, 0.29) is 37.5 Å². The number of ether oxygens (including phenoxy) is 3. The van der Waals surface area contributed by atoms with E-state index in [4.69, 9.17) is 14.2 Å². The predicted octanol–water partition coefficient (Wildman–Crippen LogP) is 16.7. The Morgan fingerprint density at radius 3 is 0.984 bits per heavy atom. The summed E-state index contributed by atoms with van der Waals surface area (Å²) >= 11 is 0. The predicted molar refractivity (Wildman–Crippen MR) is 274 cm³/mol. The van der Waals surface area contributed by atoms with Crippen molar-refractivity contribution in [3.63, 3.8) is 0 Å². The molecule has 0 aliphatic heterocycles. The minimum absolute atomic E-state index is 0.111. The Kier molecular flexibility index (Phi) is 47.6. The van der Waals surface area contributed by atoms with Gasteiger partial charge in [0.15, 0.2) is 6.10 Å². The standard InChI is InChI=1S/C58H90O6/c1-4-7-10-13-16-18-20-22-24-26-28-29-31-32-34-36-38-40-42-45-48-51-57(60)63-54-55(53-62-56(59)50-47-44-15-12-9-6-3)64-58(61)52-49-46-43-41-39-37-35-33-30-27-25-23-21-19-17-14-11-8-5-2/h7-8,10-11,16-19,22-25,28-30,32-34,37-40,55H,4-6,9,12-15,20-21,26-27,31,35-36,41-54H2,1-3H3/b10-7-,11-8-,18-16-,19-17-,24-22-,25-23-,29-28-,33-30-,34-32-,39-37-,40-38-. The van der Waals surface area contributed by atoms with Gasteiger partial charge in [-0.3, -0.25) is 14.4 Å². The van der Waals surface area contributed by atoms with E-state index in [1.807, 2.05) is 0 Å². The van der Waals surface area contributed by atoms with Gasteiger partial charge in [0.1, 0.15) is 13.2 Å². The second kappa shape index (κ2) is 51.2. The summed E-state index contributed by atoms with van der Waals surface area (Å²) in [7, 11) is 0. The molecule has 0 aromatic rings. The second-order valence-electron chi connectivity index (χ2n) is 16.0. The van der Waals surface area contributed by atoms with Crippen LogP contribution in [0.2, 0.25) is 0 Å². The van der Waals surface area contributed by atoms with Gasteiger partial charge in [-0.05, 0) is 116 Å². The van der Waals surface area contributed by atoms with Gasteiger partial charge in [0.2, 0.25) is 0 Å². The van der Waals surface area contributed by atoms with Crippen LogP contribution in [0.4, 0.5) is 0 Å². The number of allylic oxidation sites excluding steroid dienone is 22. The van der Waals surface area contributed by atoms with Gasteiger partial charge in [-0.2, -0.15) is 0 Å². The lowest BCUT2D eigenvalue weighted by molar-refractivity contribution is -0.167. The summed E-state index contributed by atoms with van der Waals surface area (Å²) in [6, 6.07) is 0. The molecular formula is C58H90O6. The first kappa shape index (κ1) is 59.5. The monoisotopic (exact) mass is 883 g/mol. The van der Waals surface area contributed by atoms with Gasteiger partial charge in [-0.25, -0.2) is 0 Å². The van der Waals surface area contributed by atoms with Gasteiger partial charge in [0.05, 0.1) is 0 Å². The number of esters is 3. The van der Waals surface area contributed by atoms with Crippen molar-refractivity contribution in [2.45, 2.75) is 200 Å². The number of carbonyl (C=O) groups is 3. The molecule has 6 heteroatoms. The molecule has 0 aliphatic carbocycles. The fourth-order valence-electron chi connectivity index (χ4n) is 6.17. The molecule has 0 aromatic carbocycles. The molecule has 0 saturated heterocycles.